The second-order valence-corrected chi connectivity index (χ2v) is 3.62. The molecule has 2 N–H and O–H groups in total. The van der Waals surface area contributed by atoms with Crippen molar-refractivity contribution in [1.29, 1.82) is 0 Å². The van der Waals surface area contributed by atoms with Gasteiger partial charge in [0.25, 0.3) is 0 Å². The minimum Gasteiger partial charge on any atom is -0.481 e. The monoisotopic (exact) mass is 212 g/mol. The predicted molar refractivity (Wildman–Crippen MR) is 54.3 cm³/mol. The Hall–Kier alpha value is -1.36. The van der Waals surface area contributed by atoms with Gasteiger partial charge in [0.05, 0.1) is 18.2 Å². The van der Waals surface area contributed by atoms with Crippen LogP contribution in [-0.2, 0) is 11.3 Å². The molecule has 2 atom stereocenters. The Bertz CT molecular complexity index is 335. The molecular weight excluding hydrogens is 196 g/mol. The summed E-state index contributed by atoms with van der Waals surface area (Å²) in [5.74, 6) is -1.44. The van der Waals surface area contributed by atoms with Gasteiger partial charge in [-0.15, -0.1) is 0 Å². The van der Waals surface area contributed by atoms with E-state index in [9.17, 15) is 9.90 Å². The van der Waals surface area contributed by atoms with Crippen molar-refractivity contribution in [3.8, 4) is 0 Å². The van der Waals surface area contributed by atoms with Crippen LogP contribution in [0.5, 0.6) is 0 Å². The van der Waals surface area contributed by atoms with E-state index in [0.717, 1.165) is 6.54 Å². The lowest BCUT2D eigenvalue weighted by atomic mass is 10.0. The van der Waals surface area contributed by atoms with Gasteiger partial charge in [-0.05, 0) is 13.3 Å². The van der Waals surface area contributed by atoms with Gasteiger partial charge in [-0.3, -0.25) is 9.48 Å². The van der Waals surface area contributed by atoms with E-state index in [1.165, 1.54) is 0 Å². The number of aromatic nitrogens is 2. The fraction of sp³-hybridized carbons (Fsp3) is 0.600. The van der Waals surface area contributed by atoms with Crippen LogP contribution in [-0.4, -0.2) is 26.0 Å². The first kappa shape index (κ1) is 11.7. The summed E-state index contributed by atoms with van der Waals surface area (Å²) in [6, 6.07) is 0. The van der Waals surface area contributed by atoms with Gasteiger partial charge in [-0.25, -0.2) is 0 Å². The van der Waals surface area contributed by atoms with E-state index < -0.39 is 18.0 Å². The lowest BCUT2D eigenvalue weighted by Crippen LogP contribution is -2.13. The number of rotatable bonds is 5. The maximum atomic E-state index is 10.6. The van der Waals surface area contributed by atoms with Crippen molar-refractivity contribution in [3.05, 3.63) is 18.0 Å². The zero-order valence-electron chi connectivity index (χ0n) is 8.92. The molecular formula is C10H16N2O3. The Morgan fingerprint density at radius 2 is 2.33 bits per heavy atom. The first-order chi connectivity index (χ1) is 7.04. The molecule has 1 heterocycles. The third-order valence-electron chi connectivity index (χ3n) is 2.36. The Kier molecular flexibility index (Phi) is 3.85. The fourth-order valence-corrected chi connectivity index (χ4v) is 1.30. The standard InChI is InChI=1S/C10H16N2O3/c1-3-12-6-8(5-11-12)9(13)4-7(2)10(14)15/h5-7,9,13H,3-4H2,1-2H3,(H,14,15). The largest absolute Gasteiger partial charge is 0.481 e. The summed E-state index contributed by atoms with van der Waals surface area (Å²) >= 11 is 0. The highest BCUT2D eigenvalue weighted by molar-refractivity contribution is 5.69. The van der Waals surface area contributed by atoms with Crippen LogP contribution in [0.15, 0.2) is 12.4 Å². The molecule has 0 saturated carbocycles. The van der Waals surface area contributed by atoms with Crippen molar-refractivity contribution < 1.29 is 15.0 Å². The van der Waals surface area contributed by atoms with Crippen molar-refractivity contribution in [2.45, 2.75) is 32.9 Å². The Labute approximate surface area is 88.3 Å². The summed E-state index contributed by atoms with van der Waals surface area (Å²) in [6.07, 6.45) is 2.77. The number of carboxylic acids is 1. The highest BCUT2D eigenvalue weighted by Gasteiger charge is 2.18. The minimum atomic E-state index is -0.892. The second-order valence-electron chi connectivity index (χ2n) is 3.62. The molecule has 5 nitrogen and oxygen atoms in total. The molecule has 0 radical (unpaired) electrons. The summed E-state index contributed by atoms with van der Waals surface area (Å²) in [5, 5.41) is 22.4. The van der Waals surface area contributed by atoms with Crippen molar-refractivity contribution in [3.63, 3.8) is 0 Å². The molecule has 1 aromatic heterocycles. The average molecular weight is 212 g/mol. The van der Waals surface area contributed by atoms with Gasteiger partial charge >= 0.3 is 5.97 Å². The molecule has 0 bridgehead atoms. The molecule has 84 valence electrons. The first-order valence-corrected chi connectivity index (χ1v) is 4.97. The zero-order valence-corrected chi connectivity index (χ0v) is 8.92. The van der Waals surface area contributed by atoms with Crippen LogP contribution in [0.3, 0.4) is 0 Å². The van der Waals surface area contributed by atoms with Gasteiger partial charge < -0.3 is 10.2 Å². The molecule has 1 aromatic rings. The van der Waals surface area contributed by atoms with E-state index in [-0.39, 0.29) is 6.42 Å². The maximum absolute atomic E-state index is 10.6. The van der Waals surface area contributed by atoms with Gasteiger partial charge in [-0.1, -0.05) is 6.92 Å². The molecule has 0 fully saturated rings. The molecule has 0 aromatic carbocycles. The quantitative estimate of drug-likeness (QED) is 0.764. The SMILES string of the molecule is CCn1cc(C(O)CC(C)C(=O)O)cn1. The average Bonchev–Trinajstić information content (AvgIpc) is 2.65. The molecule has 2 unspecified atom stereocenters. The lowest BCUT2D eigenvalue weighted by molar-refractivity contribution is -0.142. The third-order valence-corrected chi connectivity index (χ3v) is 2.36. The summed E-state index contributed by atoms with van der Waals surface area (Å²) in [4.78, 5) is 10.6. The van der Waals surface area contributed by atoms with Crippen molar-refractivity contribution in [1.82, 2.24) is 9.78 Å². The van der Waals surface area contributed by atoms with Gasteiger partial charge in [0, 0.05) is 18.3 Å². The summed E-state index contributed by atoms with van der Waals surface area (Å²) in [6.45, 7) is 4.26. The van der Waals surface area contributed by atoms with E-state index in [1.54, 1.807) is 24.0 Å². The Morgan fingerprint density at radius 3 is 2.80 bits per heavy atom. The highest BCUT2D eigenvalue weighted by atomic mass is 16.4. The molecule has 0 amide bonds. The van der Waals surface area contributed by atoms with Gasteiger partial charge in [-0.2, -0.15) is 5.10 Å². The topological polar surface area (TPSA) is 75.4 Å². The number of aliphatic hydroxyl groups is 1. The van der Waals surface area contributed by atoms with E-state index in [0.29, 0.717) is 5.56 Å². The van der Waals surface area contributed by atoms with Crippen LogP contribution >= 0.6 is 0 Å². The van der Waals surface area contributed by atoms with Crippen LogP contribution in [0.4, 0.5) is 0 Å². The number of carboxylic acid groups (broad SMARTS) is 1. The van der Waals surface area contributed by atoms with Crippen molar-refractivity contribution >= 4 is 5.97 Å². The number of nitrogens with zero attached hydrogens (tertiary/aromatic N) is 2. The summed E-state index contributed by atoms with van der Waals surface area (Å²) < 4.78 is 1.70. The summed E-state index contributed by atoms with van der Waals surface area (Å²) in [5.41, 5.74) is 0.671. The molecule has 0 spiro atoms. The van der Waals surface area contributed by atoms with E-state index in [2.05, 4.69) is 5.10 Å². The van der Waals surface area contributed by atoms with Gasteiger partial charge in [0.2, 0.25) is 0 Å². The maximum Gasteiger partial charge on any atom is 0.306 e. The second kappa shape index (κ2) is 4.93. The van der Waals surface area contributed by atoms with Crippen LogP contribution < -0.4 is 0 Å². The Balaban J connectivity index is 2.60. The number of aryl methyl sites for hydroxylation is 1. The fourth-order valence-electron chi connectivity index (χ4n) is 1.30. The number of carbonyl (C=O) groups is 1. The molecule has 5 heteroatoms. The zero-order chi connectivity index (χ0) is 11.4. The number of aliphatic hydroxyl groups excluding tert-OH is 1. The predicted octanol–water partition coefficient (Wildman–Crippen LogP) is 1.05. The molecule has 15 heavy (non-hydrogen) atoms. The van der Waals surface area contributed by atoms with E-state index in [1.807, 2.05) is 6.92 Å². The molecule has 1 rings (SSSR count). The normalized spacial score (nSPS) is 14.9. The first-order valence-electron chi connectivity index (χ1n) is 4.97. The lowest BCUT2D eigenvalue weighted by Gasteiger charge is -2.11. The van der Waals surface area contributed by atoms with Crippen LogP contribution in [0.1, 0.15) is 31.9 Å². The van der Waals surface area contributed by atoms with Crippen LogP contribution in [0.2, 0.25) is 0 Å². The summed E-state index contributed by atoms with van der Waals surface area (Å²) in [7, 11) is 0. The number of aliphatic carboxylic acids is 1. The van der Waals surface area contributed by atoms with Crippen LogP contribution in [0.25, 0.3) is 0 Å². The minimum absolute atomic E-state index is 0.213. The highest BCUT2D eigenvalue weighted by Crippen LogP contribution is 2.20. The smallest absolute Gasteiger partial charge is 0.306 e. The van der Waals surface area contributed by atoms with Crippen LogP contribution in [0, 0.1) is 5.92 Å². The number of hydrogen-bond acceptors (Lipinski definition) is 3. The molecule has 0 aliphatic heterocycles. The van der Waals surface area contributed by atoms with Gasteiger partial charge in [0.1, 0.15) is 0 Å². The van der Waals surface area contributed by atoms with Crippen molar-refractivity contribution in [2.24, 2.45) is 5.92 Å². The third kappa shape index (κ3) is 3.06. The molecule has 0 aliphatic rings. The molecule has 0 saturated heterocycles. The van der Waals surface area contributed by atoms with Crippen molar-refractivity contribution in [2.75, 3.05) is 0 Å². The number of hydrogen-bond donors (Lipinski definition) is 2. The van der Waals surface area contributed by atoms with Gasteiger partial charge in [0.15, 0.2) is 0 Å². The van der Waals surface area contributed by atoms with E-state index in [4.69, 9.17) is 5.11 Å². The van der Waals surface area contributed by atoms with E-state index >= 15 is 0 Å². The molecule has 0 aliphatic carbocycles. The Morgan fingerprint density at radius 1 is 1.67 bits per heavy atom.